The minimum Gasteiger partial charge on any atom is -0.457 e. The van der Waals surface area contributed by atoms with Crippen molar-refractivity contribution < 1.29 is 14.3 Å². The summed E-state index contributed by atoms with van der Waals surface area (Å²) in [6.45, 7) is 9.66. The van der Waals surface area contributed by atoms with Crippen molar-refractivity contribution in [1.29, 1.82) is 0 Å². The second-order valence-electron chi connectivity index (χ2n) is 10.2. The molecule has 0 saturated heterocycles. The summed E-state index contributed by atoms with van der Waals surface area (Å²) >= 11 is 3.03. The highest BCUT2D eigenvalue weighted by molar-refractivity contribution is 7.16. The number of hydrogen-bond acceptors (Lipinski definition) is 5. The molecular formula is C34H30N4O3S2. The molecule has 216 valence electrons. The number of carbonyl (C=O) groups excluding carboxylic acids is 2. The van der Waals surface area contributed by atoms with E-state index in [1.807, 2.05) is 13.8 Å². The molecule has 0 fully saturated rings. The van der Waals surface area contributed by atoms with Gasteiger partial charge in [0.25, 0.3) is 11.8 Å². The molecule has 0 aliphatic carbocycles. The van der Waals surface area contributed by atoms with E-state index in [4.69, 9.17) is 4.74 Å². The van der Waals surface area contributed by atoms with Gasteiger partial charge in [-0.25, -0.2) is 0 Å². The first-order chi connectivity index (χ1) is 20.8. The third kappa shape index (κ3) is 5.86. The molecule has 0 radical (unpaired) electrons. The number of ether oxygens (including phenoxy) is 1. The van der Waals surface area contributed by atoms with E-state index in [0.29, 0.717) is 32.2 Å². The van der Waals surface area contributed by atoms with E-state index in [1.165, 1.54) is 33.8 Å². The highest BCUT2D eigenvalue weighted by Crippen LogP contribution is 2.24. The van der Waals surface area contributed by atoms with Crippen LogP contribution in [0.4, 0.5) is 0 Å². The summed E-state index contributed by atoms with van der Waals surface area (Å²) in [5.41, 5.74) is 5.46. The minimum atomic E-state index is -0.304. The molecule has 6 aromatic rings. The monoisotopic (exact) mass is 606 g/mol. The molecule has 0 N–H and O–H groups in total. The normalized spacial score (nSPS) is 12.4. The molecule has 7 nitrogen and oxygen atoms in total. The summed E-state index contributed by atoms with van der Waals surface area (Å²) in [6.07, 6.45) is 0. The SMILES string of the molecule is CCn1c(=NC(=O)c2ccc(Oc3ccc(C(=O)N=c4sc5cc(C)ccc5n4CC)cc3)cc2)sc2cc(C)ccc21. The molecule has 0 unspecified atom stereocenters. The molecule has 9 heteroatoms. The number of nitrogens with zero attached hydrogens (tertiary/aromatic N) is 4. The van der Waals surface area contributed by atoms with Crippen LogP contribution in [0.2, 0.25) is 0 Å². The van der Waals surface area contributed by atoms with Crippen LogP contribution in [0.25, 0.3) is 20.4 Å². The van der Waals surface area contributed by atoms with Crippen LogP contribution < -0.4 is 14.3 Å². The molecule has 0 bridgehead atoms. The molecule has 0 aliphatic heterocycles. The second-order valence-corrected chi connectivity index (χ2v) is 12.2. The topological polar surface area (TPSA) is 78.0 Å². The summed E-state index contributed by atoms with van der Waals surface area (Å²) in [7, 11) is 0. The zero-order chi connectivity index (χ0) is 30.1. The van der Waals surface area contributed by atoms with Crippen LogP contribution in [0.1, 0.15) is 45.7 Å². The highest BCUT2D eigenvalue weighted by Gasteiger charge is 2.11. The van der Waals surface area contributed by atoms with Gasteiger partial charge >= 0.3 is 0 Å². The lowest BCUT2D eigenvalue weighted by atomic mass is 10.2. The zero-order valence-corrected chi connectivity index (χ0v) is 26.0. The number of aryl methyl sites for hydroxylation is 4. The van der Waals surface area contributed by atoms with Crippen molar-refractivity contribution >= 4 is 54.9 Å². The third-order valence-corrected chi connectivity index (χ3v) is 9.22. The second kappa shape index (κ2) is 11.9. The van der Waals surface area contributed by atoms with Gasteiger partial charge in [0, 0.05) is 24.2 Å². The largest absolute Gasteiger partial charge is 0.457 e. The van der Waals surface area contributed by atoms with Crippen molar-refractivity contribution in [2.45, 2.75) is 40.8 Å². The Hall–Kier alpha value is -4.60. The average Bonchev–Trinajstić information content (AvgIpc) is 3.52. The molecule has 4 aromatic carbocycles. The summed E-state index contributed by atoms with van der Waals surface area (Å²) < 4.78 is 12.3. The van der Waals surface area contributed by atoms with Gasteiger partial charge in [0.05, 0.1) is 20.4 Å². The lowest BCUT2D eigenvalue weighted by Crippen LogP contribution is -2.15. The smallest absolute Gasteiger partial charge is 0.279 e. The van der Waals surface area contributed by atoms with E-state index in [9.17, 15) is 9.59 Å². The van der Waals surface area contributed by atoms with E-state index in [-0.39, 0.29) is 11.8 Å². The maximum Gasteiger partial charge on any atom is 0.279 e. The number of carbonyl (C=O) groups is 2. The van der Waals surface area contributed by atoms with Crippen molar-refractivity contribution in [2.75, 3.05) is 0 Å². The molecular weight excluding hydrogens is 577 g/mol. The number of benzene rings is 4. The van der Waals surface area contributed by atoms with E-state index < -0.39 is 0 Å². The summed E-state index contributed by atoms with van der Waals surface area (Å²) in [5.74, 6) is 0.542. The Morgan fingerprint density at radius 1 is 0.628 bits per heavy atom. The molecule has 43 heavy (non-hydrogen) atoms. The van der Waals surface area contributed by atoms with Crippen LogP contribution in [0.15, 0.2) is 94.9 Å². The summed E-state index contributed by atoms with van der Waals surface area (Å²) in [6, 6.07) is 26.3. The van der Waals surface area contributed by atoms with Gasteiger partial charge in [-0.05, 0) is 112 Å². The van der Waals surface area contributed by atoms with Gasteiger partial charge in [-0.1, -0.05) is 34.8 Å². The Kier molecular flexibility index (Phi) is 7.92. The fourth-order valence-corrected chi connectivity index (χ4v) is 7.29. The van der Waals surface area contributed by atoms with Crippen molar-refractivity contribution in [1.82, 2.24) is 9.13 Å². The fourth-order valence-electron chi connectivity index (χ4n) is 4.91. The molecule has 0 aliphatic rings. The van der Waals surface area contributed by atoms with Gasteiger partial charge in [-0.15, -0.1) is 0 Å². The van der Waals surface area contributed by atoms with Crippen LogP contribution in [0.5, 0.6) is 11.5 Å². The lowest BCUT2D eigenvalue weighted by Gasteiger charge is -2.06. The van der Waals surface area contributed by atoms with Gasteiger partial charge in [0.1, 0.15) is 11.5 Å². The Bertz CT molecular complexity index is 1980. The number of amides is 2. The van der Waals surface area contributed by atoms with Crippen LogP contribution in [-0.4, -0.2) is 20.9 Å². The van der Waals surface area contributed by atoms with Crippen molar-refractivity contribution in [2.24, 2.45) is 9.98 Å². The Labute approximate surface area is 256 Å². The predicted molar refractivity (Wildman–Crippen MR) is 173 cm³/mol. The Balaban J connectivity index is 1.17. The third-order valence-electron chi connectivity index (χ3n) is 7.14. The standard InChI is InChI=1S/C34H30N4O3S2/c1-5-37-27-17-7-21(3)19-29(27)42-33(37)35-31(39)23-9-13-25(14-10-23)41-26-15-11-24(12-16-26)32(40)36-34-38(6-2)28-18-8-22(4)20-30(28)43-34/h7-20H,5-6H2,1-4H3. The first-order valence-electron chi connectivity index (χ1n) is 14.1. The van der Waals surface area contributed by atoms with Crippen molar-refractivity contribution in [3.63, 3.8) is 0 Å². The van der Waals surface area contributed by atoms with Crippen LogP contribution in [0, 0.1) is 13.8 Å². The van der Waals surface area contributed by atoms with E-state index >= 15 is 0 Å². The zero-order valence-electron chi connectivity index (χ0n) is 24.3. The van der Waals surface area contributed by atoms with E-state index in [2.05, 4.69) is 69.4 Å². The lowest BCUT2D eigenvalue weighted by molar-refractivity contribution is 0.0989. The summed E-state index contributed by atoms with van der Waals surface area (Å²) in [4.78, 5) is 36.2. The molecule has 0 spiro atoms. The fraction of sp³-hybridized carbons (Fsp3) is 0.176. The van der Waals surface area contributed by atoms with Gasteiger partial charge in [-0.2, -0.15) is 9.98 Å². The molecule has 2 amide bonds. The maximum absolute atomic E-state index is 13.0. The van der Waals surface area contributed by atoms with Crippen molar-refractivity contribution in [3.05, 3.63) is 117 Å². The molecule has 2 aromatic heterocycles. The number of fused-ring (bicyclic) bond motifs is 2. The van der Waals surface area contributed by atoms with Crippen LogP contribution >= 0.6 is 22.7 Å². The Morgan fingerprint density at radius 3 is 1.40 bits per heavy atom. The minimum absolute atomic E-state index is 0.304. The van der Waals surface area contributed by atoms with Crippen molar-refractivity contribution in [3.8, 4) is 11.5 Å². The number of thiazole rings is 2. The number of rotatable bonds is 6. The molecule has 0 saturated carbocycles. The number of aromatic nitrogens is 2. The predicted octanol–water partition coefficient (Wildman–Crippen LogP) is 7.65. The van der Waals surface area contributed by atoms with Gasteiger partial charge < -0.3 is 13.9 Å². The molecule has 6 rings (SSSR count). The quantitative estimate of drug-likeness (QED) is 0.195. The van der Waals surface area contributed by atoms with Crippen LogP contribution in [0.3, 0.4) is 0 Å². The first-order valence-corrected chi connectivity index (χ1v) is 15.7. The Morgan fingerprint density at radius 2 is 1.02 bits per heavy atom. The van der Waals surface area contributed by atoms with E-state index in [0.717, 1.165) is 33.5 Å². The van der Waals surface area contributed by atoms with Gasteiger partial charge in [0.2, 0.25) is 0 Å². The summed E-state index contributed by atoms with van der Waals surface area (Å²) in [5, 5.41) is 0. The highest BCUT2D eigenvalue weighted by atomic mass is 32.1. The molecule has 2 heterocycles. The van der Waals surface area contributed by atoms with E-state index in [1.54, 1.807) is 48.5 Å². The molecule has 0 atom stereocenters. The van der Waals surface area contributed by atoms with Crippen LogP contribution in [-0.2, 0) is 13.1 Å². The van der Waals surface area contributed by atoms with Gasteiger partial charge in [-0.3, -0.25) is 9.59 Å². The van der Waals surface area contributed by atoms with Gasteiger partial charge in [0.15, 0.2) is 9.60 Å². The first kappa shape index (κ1) is 28.5. The average molecular weight is 607 g/mol. The maximum atomic E-state index is 13.0. The number of hydrogen-bond donors (Lipinski definition) is 0.